The van der Waals surface area contributed by atoms with Gasteiger partial charge in [-0.3, -0.25) is 4.79 Å². The molecule has 1 aromatic heterocycles. The van der Waals surface area contributed by atoms with E-state index in [9.17, 15) is 9.59 Å². The molecule has 0 spiro atoms. The summed E-state index contributed by atoms with van der Waals surface area (Å²) >= 11 is 0. The number of carboxylic acids is 1. The van der Waals surface area contributed by atoms with Crippen molar-refractivity contribution in [1.82, 2.24) is 9.88 Å². The number of hydrogen-bond donors (Lipinski definition) is 1. The maximum atomic E-state index is 12.4. The molecule has 5 nitrogen and oxygen atoms in total. The lowest BCUT2D eigenvalue weighted by atomic mass is 10.1. The van der Waals surface area contributed by atoms with Gasteiger partial charge in [-0.2, -0.15) is 0 Å². The summed E-state index contributed by atoms with van der Waals surface area (Å²) in [7, 11) is 0. The van der Waals surface area contributed by atoms with Crippen LogP contribution in [0.25, 0.3) is 0 Å². The Labute approximate surface area is 112 Å². The Morgan fingerprint density at radius 2 is 2.11 bits per heavy atom. The van der Waals surface area contributed by atoms with Crippen LogP contribution in [0, 0.1) is 0 Å². The first-order valence-electron chi connectivity index (χ1n) is 6.63. The summed E-state index contributed by atoms with van der Waals surface area (Å²) in [5.74, 6) is -1.21. The molecule has 0 saturated heterocycles. The summed E-state index contributed by atoms with van der Waals surface area (Å²) in [6.45, 7) is 2.60. The molecule has 19 heavy (non-hydrogen) atoms. The monoisotopic (exact) mass is 262 g/mol. The number of nitrogens with zero attached hydrogens (tertiary/aromatic N) is 2. The SMILES string of the molecule is CCN(C(=O)c1ccnc(C(=O)O)c1)C1CCCC1. The standard InChI is InChI=1S/C14H18N2O3/c1-2-16(11-5-3-4-6-11)13(17)10-7-8-15-12(9-10)14(18)19/h7-9,11H,2-6H2,1H3,(H,18,19). The fourth-order valence-corrected chi connectivity index (χ4v) is 2.63. The van der Waals surface area contributed by atoms with E-state index in [1.54, 1.807) is 6.07 Å². The number of carbonyl (C=O) groups excluding carboxylic acids is 1. The normalized spacial score (nSPS) is 15.4. The Kier molecular flexibility index (Phi) is 4.14. The maximum Gasteiger partial charge on any atom is 0.354 e. The second kappa shape index (κ2) is 5.82. The van der Waals surface area contributed by atoms with Crippen molar-refractivity contribution in [2.75, 3.05) is 6.54 Å². The van der Waals surface area contributed by atoms with Gasteiger partial charge in [-0.15, -0.1) is 0 Å². The van der Waals surface area contributed by atoms with Crippen LogP contribution in [0.2, 0.25) is 0 Å². The highest BCUT2D eigenvalue weighted by Crippen LogP contribution is 2.24. The van der Waals surface area contributed by atoms with Crippen LogP contribution in [0.4, 0.5) is 0 Å². The van der Waals surface area contributed by atoms with Gasteiger partial charge in [0.25, 0.3) is 5.91 Å². The third-order valence-electron chi connectivity index (χ3n) is 3.59. The topological polar surface area (TPSA) is 70.5 Å². The summed E-state index contributed by atoms with van der Waals surface area (Å²) in [5.41, 5.74) is 0.314. The smallest absolute Gasteiger partial charge is 0.354 e. The second-order valence-corrected chi connectivity index (χ2v) is 4.76. The quantitative estimate of drug-likeness (QED) is 0.902. The fraction of sp³-hybridized carbons (Fsp3) is 0.500. The molecule has 102 valence electrons. The maximum absolute atomic E-state index is 12.4. The number of carbonyl (C=O) groups is 2. The molecule has 1 fully saturated rings. The highest BCUT2D eigenvalue weighted by Gasteiger charge is 2.26. The van der Waals surface area contributed by atoms with Gasteiger partial charge in [0, 0.05) is 24.3 Å². The molecule has 1 aliphatic carbocycles. The van der Waals surface area contributed by atoms with Crippen molar-refractivity contribution < 1.29 is 14.7 Å². The van der Waals surface area contributed by atoms with Crippen molar-refractivity contribution in [1.29, 1.82) is 0 Å². The molecular formula is C14H18N2O3. The molecule has 0 unspecified atom stereocenters. The average Bonchev–Trinajstić information content (AvgIpc) is 2.93. The predicted molar refractivity (Wildman–Crippen MR) is 70.2 cm³/mol. The Hall–Kier alpha value is -1.91. The minimum atomic E-state index is -1.11. The number of aromatic nitrogens is 1. The summed E-state index contributed by atoms with van der Waals surface area (Å²) in [5, 5.41) is 8.91. The first-order chi connectivity index (χ1) is 9.13. The van der Waals surface area contributed by atoms with E-state index >= 15 is 0 Å². The lowest BCUT2D eigenvalue weighted by Gasteiger charge is -2.27. The van der Waals surface area contributed by atoms with Crippen LogP contribution in [0.3, 0.4) is 0 Å². The van der Waals surface area contributed by atoms with Gasteiger partial charge >= 0.3 is 5.97 Å². The molecule has 0 radical (unpaired) electrons. The van der Waals surface area contributed by atoms with Crippen LogP contribution < -0.4 is 0 Å². The van der Waals surface area contributed by atoms with Crippen molar-refractivity contribution in [2.24, 2.45) is 0 Å². The van der Waals surface area contributed by atoms with Crippen LogP contribution in [-0.4, -0.2) is 39.5 Å². The Morgan fingerprint density at radius 1 is 1.42 bits per heavy atom. The highest BCUT2D eigenvalue weighted by molar-refractivity contribution is 5.96. The molecule has 2 rings (SSSR count). The number of pyridine rings is 1. The number of aromatic carboxylic acids is 1. The van der Waals surface area contributed by atoms with Crippen molar-refractivity contribution >= 4 is 11.9 Å². The molecule has 0 aromatic carbocycles. The third kappa shape index (κ3) is 2.92. The van der Waals surface area contributed by atoms with Crippen molar-refractivity contribution in [3.05, 3.63) is 29.6 Å². The molecule has 1 heterocycles. The molecule has 1 amide bonds. The minimum Gasteiger partial charge on any atom is -0.477 e. The summed E-state index contributed by atoms with van der Waals surface area (Å²) < 4.78 is 0. The van der Waals surface area contributed by atoms with Crippen LogP contribution in [-0.2, 0) is 0 Å². The molecule has 1 aromatic rings. The van der Waals surface area contributed by atoms with E-state index in [0.717, 1.165) is 25.7 Å². The lowest BCUT2D eigenvalue weighted by molar-refractivity contribution is 0.0690. The number of rotatable bonds is 4. The van der Waals surface area contributed by atoms with E-state index in [0.29, 0.717) is 18.2 Å². The van der Waals surface area contributed by atoms with E-state index in [2.05, 4.69) is 4.98 Å². The van der Waals surface area contributed by atoms with Gasteiger partial charge in [0.15, 0.2) is 0 Å². The first-order valence-corrected chi connectivity index (χ1v) is 6.63. The van der Waals surface area contributed by atoms with Crippen molar-refractivity contribution in [2.45, 2.75) is 38.6 Å². The molecule has 1 N–H and O–H groups in total. The van der Waals surface area contributed by atoms with Crippen LogP contribution in [0.15, 0.2) is 18.3 Å². The van der Waals surface area contributed by atoms with Gasteiger partial charge in [0.05, 0.1) is 0 Å². The number of amides is 1. The zero-order valence-corrected chi connectivity index (χ0v) is 11.0. The van der Waals surface area contributed by atoms with Crippen LogP contribution in [0.1, 0.15) is 53.5 Å². The van der Waals surface area contributed by atoms with Gasteiger partial charge in [0.1, 0.15) is 5.69 Å². The summed E-state index contributed by atoms with van der Waals surface area (Å²) in [4.78, 5) is 28.9. The van der Waals surface area contributed by atoms with Gasteiger partial charge in [-0.1, -0.05) is 12.8 Å². The van der Waals surface area contributed by atoms with E-state index in [1.807, 2.05) is 11.8 Å². The molecule has 1 saturated carbocycles. The van der Waals surface area contributed by atoms with E-state index < -0.39 is 5.97 Å². The molecule has 0 aliphatic heterocycles. The Balaban J connectivity index is 2.21. The lowest BCUT2D eigenvalue weighted by Crippen LogP contribution is -2.38. The highest BCUT2D eigenvalue weighted by atomic mass is 16.4. The largest absolute Gasteiger partial charge is 0.477 e. The van der Waals surface area contributed by atoms with Crippen molar-refractivity contribution in [3.8, 4) is 0 Å². The van der Waals surface area contributed by atoms with Gasteiger partial charge in [0.2, 0.25) is 0 Å². The van der Waals surface area contributed by atoms with Crippen molar-refractivity contribution in [3.63, 3.8) is 0 Å². The summed E-state index contributed by atoms with van der Waals surface area (Å²) in [6, 6.07) is 3.22. The fourth-order valence-electron chi connectivity index (χ4n) is 2.63. The zero-order valence-electron chi connectivity index (χ0n) is 11.0. The van der Waals surface area contributed by atoms with Gasteiger partial charge < -0.3 is 10.0 Å². The molecule has 0 bridgehead atoms. The van der Waals surface area contributed by atoms with E-state index in [4.69, 9.17) is 5.11 Å². The van der Waals surface area contributed by atoms with E-state index in [1.165, 1.54) is 12.3 Å². The molecule has 1 aliphatic rings. The average molecular weight is 262 g/mol. The van der Waals surface area contributed by atoms with E-state index in [-0.39, 0.29) is 11.6 Å². The predicted octanol–water partition coefficient (Wildman–Crippen LogP) is 2.18. The third-order valence-corrected chi connectivity index (χ3v) is 3.59. The Morgan fingerprint density at radius 3 is 2.68 bits per heavy atom. The molecular weight excluding hydrogens is 244 g/mol. The molecule has 5 heteroatoms. The van der Waals surface area contributed by atoms with Crippen LogP contribution >= 0.6 is 0 Å². The molecule has 0 atom stereocenters. The first kappa shape index (κ1) is 13.5. The Bertz CT molecular complexity index is 481. The zero-order chi connectivity index (χ0) is 13.8. The minimum absolute atomic E-state index is 0.0895. The number of carboxylic acid groups (broad SMARTS) is 1. The van der Waals surface area contributed by atoms with Crippen LogP contribution in [0.5, 0.6) is 0 Å². The number of hydrogen-bond acceptors (Lipinski definition) is 3. The summed E-state index contributed by atoms with van der Waals surface area (Å²) in [6.07, 6.45) is 5.77. The van der Waals surface area contributed by atoms with Gasteiger partial charge in [-0.05, 0) is 31.9 Å². The second-order valence-electron chi connectivity index (χ2n) is 4.76. The van der Waals surface area contributed by atoms with Gasteiger partial charge in [-0.25, -0.2) is 9.78 Å².